The lowest BCUT2D eigenvalue weighted by Crippen LogP contribution is -2.16. The molecule has 0 unspecified atom stereocenters. The number of nitrogens with two attached hydrogens (primary N) is 1. The van der Waals surface area contributed by atoms with E-state index >= 15 is 0 Å². The topological polar surface area (TPSA) is 76.1 Å². The number of rotatable bonds is 1. The quantitative estimate of drug-likeness (QED) is 0.701. The highest BCUT2D eigenvalue weighted by Gasteiger charge is 2.01. The number of carbonyl (C=O) groups is 1. The Balaban J connectivity index is 3.03. The van der Waals surface area contributed by atoms with Crippen LogP contribution in [0.4, 0.5) is 4.79 Å². The Labute approximate surface area is 75.5 Å². The Bertz CT molecular complexity index is 380. The first-order chi connectivity index (χ1) is 6.11. The SMILES string of the molecule is Cc1cc(C#N)cc(OC(N)=O)c1. The van der Waals surface area contributed by atoms with Gasteiger partial charge in [0.25, 0.3) is 0 Å². The van der Waals surface area contributed by atoms with Crippen LogP contribution in [0.5, 0.6) is 5.75 Å². The monoisotopic (exact) mass is 176 g/mol. The summed E-state index contributed by atoms with van der Waals surface area (Å²) in [4.78, 5) is 10.4. The van der Waals surface area contributed by atoms with E-state index in [1.807, 2.05) is 6.07 Å². The van der Waals surface area contributed by atoms with Gasteiger partial charge in [-0.25, -0.2) is 4.79 Å². The molecular formula is C9H8N2O2. The molecule has 2 N–H and O–H groups in total. The first kappa shape index (κ1) is 9.07. The second kappa shape index (κ2) is 3.59. The van der Waals surface area contributed by atoms with Crippen molar-refractivity contribution in [1.29, 1.82) is 5.26 Å². The molecule has 0 fully saturated rings. The summed E-state index contributed by atoms with van der Waals surface area (Å²) in [6, 6.07) is 6.72. The number of benzene rings is 1. The maximum Gasteiger partial charge on any atom is 0.409 e. The normalized spacial score (nSPS) is 8.92. The molecule has 0 bridgehead atoms. The average Bonchev–Trinajstić information content (AvgIpc) is 2.01. The summed E-state index contributed by atoms with van der Waals surface area (Å²) in [6.45, 7) is 1.80. The van der Waals surface area contributed by atoms with Crippen molar-refractivity contribution < 1.29 is 9.53 Å². The van der Waals surface area contributed by atoms with Crippen LogP contribution in [0.25, 0.3) is 0 Å². The molecule has 1 amide bonds. The Hall–Kier alpha value is -2.02. The molecule has 0 spiro atoms. The van der Waals surface area contributed by atoms with Crippen LogP contribution in [0.2, 0.25) is 0 Å². The molecule has 13 heavy (non-hydrogen) atoms. The van der Waals surface area contributed by atoms with E-state index in [1.165, 1.54) is 6.07 Å². The van der Waals surface area contributed by atoms with Crippen LogP contribution in [0.15, 0.2) is 18.2 Å². The van der Waals surface area contributed by atoms with Gasteiger partial charge >= 0.3 is 6.09 Å². The van der Waals surface area contributed by atoms with E-state index in [2.05, 4.69) is 4.74 Å². The molecule has 1 aromatic rings. The smallest absolute Gasteiger partial charge is 0.409 e. The average molecular weight is 176 g/mol. The van der Waals surface area contributed by atoms with Gasteiger partial charge in [-0.1, -0.05) is 0 Å². The van der Waals surface area contributed by atoms with Crippen LogP contribution < -0.4 is 10.5 Å². The first-order valence-electron chi connectivity index (χ1n) is 3.61. The Morgan fingerprint density at radius 2 is 2.23 bits per heavy atom. The molecule has 1 aromatic carbocycles. The summed E-state index contributed by atoms with van der Waals surface area (Å²) in [6.07, 6.45) is -0.880. The van der Waals surface area contributed by atoms with E-state index in [0.717, 1.165) is 5.56 Å². The molecule has 0 aromatic heterocycles. The van der Waals surface area contributed by atoms with Gasteiger partial charge in [0.15, 0.2) is 0 Å². The fourth-order valence-corrected chi connectivity index (χ4v) is 0.988. The van der Waals surface area contributed by atoms with Crippen molar-refractivity contribution >= 4 is 6.09 Å². The second-order valence-corrected chi connectivity index (χ2v) is 2.57. The maximum absolute atomic E-state index is 10.4. The zero-order valence-electron chi connectivity index (χ0n) is 7.07. The Kier molecular flexibility index (Phi) is 2.50. The van der Waals surface area contributed by atoms with Gasteiger partial charge < -0.3 is 10.5 Å². The fraction of sp³-hybridized carbons (Fsp3) is 0.111. The van der Waals surface area contributed by atoms with Crippen molar-refractivity contribution in [1.82, 2.24) is 0 Å². The van der Waals surface area contributed by atoms with Crippen LogP contribution in [0.1, 0.15) is 11.1 Å². The van der Waals surface area contributed by atoms with E-state index in [-0.39, 0.29) is 0 Å². The highest BCUT2D eigenvalue weighted by molar-refractivity contribution is 5.68. The fourth-order valence-electron chi connectivity index (χ4n) is 0.988. The lowest BCUT2D eigenvalue weighted by atomic mass is 10.1. The molecule has 0 atom stereocenters. The lowest BCUT2D eigenvalue weighted by Gasteiger charge is -2.01. The zero-order chi connectivity index (χ0) is 9.84. The molecule has 0 saturated carbocycles. The number of amides is 1. The lowest BCUT2D eigenvalue weighted by molar-refractivity contribution is 0.211. The Morgan fingerprint density at radius 1 is 1.54 bits per heavy atom. The summed E-state index contributed by atoms with van der Waals surface area (Å²) in [5, 5.41) is 8.60. The summed E-state index contributed by atoms with van der Waals surface area (Å²) >= 11 is 0. The number of hydrogen-bond acceptors (Lipinski definition) is 3. The zero-order valence-corrected chi connectivity index (χ0v) is 7.07. The summed E-state index contributed by atoms with van der Waals surface area (Å²) in [5.74, 6) is 0.295. The number of ether oxygens (including phenoxy) is 1. The van der Waals surface area contributed by atoms with Crippen LogP contribution in [-0.2, 0) is 0 Å². The first-order valence-corrected chi connectivity index (χ1v) is 3.61. The van der Waals surface area contributed by atoms with Crippen LogP contribution >= 0.6 is 0 Å². The number of nitriles is 1. The van der Waals surface area contributed by atoms with E-state index in [4.69, 9.17) is 11.0 Å². The molecule has 0 aliphatic rings. The van der Waals surface area contributed by atoms with Crippen molar-refractivity contribution in [2.24, 2.45) is 5.73 Å². The van der Waals surface area contributed by atoms with Gasteiger partial charge in [0.2, 0.25) is 0 Å². The van der Waals surface area contributed by atoms with Crippen LogP contribution in [0.3, 0.4) is 0 Å². The molecule has 0 aliphatic heterocycles. The van der Waals surface area contributed by atoms with Crippen molar-refractivity contribution in [2.45, 2.75) is 6.92 Å². The standard InChI is InChI=1S/C9H8N2O2/c1-6-2-7(5-10)4-8(3-6)13-9(11)12/h2-4H,1H3,(H2,11,12). The van der Waals surface area contributed by atoms with Crippen molar-refractivity contribution in [3.63, 3.8) is 0 Å². The van der Waals surface area contributed by atoms with E-state index < -0.39 is 6.09 Å². The van der Waals surface area contributed by atoms with Crippen LogP contribution in [0, 0.1) is 18.3 Å². The van der Waals surface area contributed by atoms with Gasteiger partial charge in [0.05, 0.1) is 11.6 Å². The van der Waals surface area contributed by atoms with Gasteiger partial charge in [-0.3, -0.25) is 0 Å². The molecule has 0 radical (unpaired) electrons. The van der Waals surface area contributed by atoms with Crippen molar-refractivity contribution in [2.75, 3.05) is 0 Å². The van der Waals surface area contributed by atoms with Gasteiger partial charge in [0, 0.05) is 0 Å². The third kappa shape index (κ3) is 2.49. The number of carbonyl (C=O) groups excluding carboxylic acids is 1. The predicted octanol–water partition coefficient (Wildman–Crippen LogP) is 1.32. The number of aryl methyl sites for hydroxylation is 1. The third-order valence-corrected chi connectivity index (χ3v) is 1.40. The van der Waals surface area contributed by atoms with Gasteiger partial charge in [-0.2, -0.15) is 5.26 Å². The molecular weight excluding hydrogens is 168 g/mol. The number of hydrogen-bond donors (Lipinski definition) is 1. The van der Waals surface area contributed by atoms with Crippen molar-refractivity contribution in [3.05, 3.63) is 29.3 Å². The van der Waals surface area contributed by atoms with Crippen molar-refractivity contribution in [3.8, 4) is 11.8 Å². The molecule has 1 rings (SSSR count). The highest BCUT2D eigenvalue weighted by Crippen LogP contribution is 2.15. The molecule has 0 saturated heterocycles. The second-order valence-electron chi connectivity index (χ2n) is 2.57. The summed E-state index contributed by atoms with van der Waals surface area (Å²) in [7, 11) is 0. The molecule has 0 heterocycles. The molecule has 4 heteroatoms. The van der Waals surface area contributed by atoms with Crippen LogP contribution in [-0.4, -0.2) is 6.09 Å². The highest BCUT2D eigenvalue weighted by atomic mass is 16.5. The minimum absolute atomic E-state index is 0.295. The molecule has 4 nitrogen and oxygen atoms in total. The number of nitrogens with zero attached hydrogens (tertiary/aromatic N) is 1. The maximum atomic E-state index is 10.4. The minimum atomic E-state index is -0.880. The minimum Gasteiger partial charge on any atom is -0.410 e. The summed E-state index contributed by atoms with van der Waals surface area (Å²) in [5.41, 5.74) is 6.11. The number of primary amides is 1. The summed E-state index contributed by atoms with van der Waals surface area (Å²) < 4.78 is 4.63. The van der Waals surface area contributed by atoms with E-state index in [1.54, 1.807) is 19.1 Å². The largest absolute Gasteiger partial charge is 0.410 e. The van der Waals surface area contributed by atoms with Gasteiger partial charge in [-0.05, 0) is 30.7 Å². The van der Waals surface area contributed by atoms with E-state index in [0.29, 0.717) is 11.3 Å². The molecule has 0 aliphatic carbocycles. The predicted molar refractivity (Wildman–Crippen MR) is 46.1 cm³/mol. The molecule has 66 valence electrons. The van der Waals surface area contributed by atoms with Gasteiger partial charge in [0.1, 0.15) is 5.75 Å². The Morgan fingerprint density at radius 3 is 2.77 bits per heavy atom. The third-order valence-electron chi connectivity index (χ3n) is 1.40. The van der Waals surface area contributed by atoms with Gasteiger partial charge in [-0.15, -0.1) is 0 Å². The van der Waals surface area contributed by atoms with E-state index in [9.17, 15) is 4.79 Å².